The van der Waals surface area contributed by atoms with Crippen molar-refractivity contribution in [1.29, 1.82) is 0 Å². The van der Waals surface area contributed by atoms with Crippen LogP contribution in [-0.4, -0.2) is 43.0 Å². The number of hydrogen-bond acceptors (Lipinski definition) is 3. The molecule has 0 radical (unpaired) electrons. The summed E-state index contributed by atoms with van der Waals surface area (Å²) in [5, 5.41) is 4.97. The second-order valence-electron chi connectivity index (χ2n) is 5.76. The first-order valence-electron chi connectivity index (χ1n) is 7.46. The molecule has 0 bridgehead atoms. The molecule has 0 atom stereocenters. The molecule has 1 N–H and O–H groups in total. The maximum absolute atomic E-state index is 12.5. The molecule has 23 heavy (non-hydrogen) atoms. The molecule has 5 heteroatoms. The molecule has 0 fully saturated rings. The van der Waals surface area contributed by atoms with E-state index in [1.54, 1.807) is 0 Å². The summed E-state index contributed by atoms with van der Waals surface area (Å²) in [6, 6.07) is 13.7. The van der Waals surface area contributed by atoms with Gasteiger partial charge in [0.25, 0.3) is 5.91 Å². The van der Waals surface area contributed by atoms with E-state index in [1.165, 1.54) is 0 Å². The Morgan fingerprint density at radius 2 is 2.00 bits per heavy atom. The number of fused-ring (bicyclic) bond motifs is 2. The Bertz CT molecular complexity index is 877. The lowest BCUT2D eigenvalue weighted by atomic mass is 10.1. The number of hydrogen-bond donors (Lipinski definition) is 1. The van der Waals surface area contributed by atoms with Crippen LogP contribution in [0.5, 0.6) is 0 Å². The van der Waals surface area contributed by atoms with Crippen molar-refractivity contribution in [2.24, 2.45) is 0 Å². The monoisotopic (exact) mass is 371 g/mol. The first kappa shape index (κ1) is 15.9. The maximum atomic E-state index is 12.5. The Morgan fingerprint density at radius 3 is 2.78 bits per heavy atom. The summed E-state index contributed by atoms with van der Waals surface area (Å²) < 4.78 is 1.02. The second kappa shape index (κ2) is 6.64. The van der Waals surface area contributed by atoms with E-state index in [0.29, 0.717) is 12.1 Å². The summed E-state index contributed by atoms with van der Waals surface area (Å²) in [5.74, 6) is -0.0820. The third kappa shape index (κ3) is 3.51. The van der Waals surface area contributed by atoms with Gasteiger partial charge in [-0.2, -0.15) is 0 Å². The third-order valence-corrected chi connectivity index (χ3v) is 4.18. The van der Waals surface area contributed by atoms with Gasteiger partial charge in [0.1, 0.15) is 0 Å². The molecule has 4 nitrogen and oxygen atoms in total. The zero-order valence-electron chi connectivity index (χ0n) is 13.1. The number of para-hydroxylation sites is 1. The van der Waals surface area contributed by atoms with E-state index in [1.807, 2.05) is 55.4 Å². The van der Waals surface area contributed by atoms with E-state index in [2.05, 4.69) is 27.3 Å². The van der Waals surface area contributed by atoms with Crippen molar-refractivity contribution >= 4 is 43.6 Å². The first-order valence-corrected chi connectivity index (χ1v) is 8.26. The fraction of sp³-hybridized carbons (Fsp3) is 0.222. The van der Waals surface area contributed by atoms with Crippen LogP contribution < -0.4 is 5.32 Å². The van der Waals surface area contributed by atoms with Crippen molar-refractivity contribution in [3.63, 3.8) is 0 Å². The quantitative estimate of drug-likeness (QED) is 0.714. The lowest BCUT2D eigenvalue weighted by Crippen LogP contribution is -2.31. The first-order chi connectivity index (χ1) is 11.0. The average Bonchev–Trinajstić information content (AvgIpc) is 2.51. The fourth-order valence-corrected chi connectivity index (χ4v) is 2.88. The molecular formula is C18H18BrN3O. The van der Waals surface area contributed by atoms with Crippen LogP contribution in [0, 0.1) is 0 Å². The van der Waals surface area contributed by atoms with E-state index in [-0.39, 0.29) is 5.91 Å². The van der Waals surface area contributed by atoms with Crippen LogP contribution in [0.1, 0.15) is 10.4 Å². The van der Waals surface area contributed by atoms with Crippen molar-refractivity contribution in [2.45, 2.75) is 0 Å². The number of benzene rings is 2. The number of nitrogens with zero attached hydrogens (tertiary/aromatic N) is 2. The minimum atomic E-state index is -0.0820. The van der Waals surface area contributed by atoms with Gasteiger partial charge in [0.2, 0.25) is 0 Å². The van der Waals surface area contributed by atoms with Crippen molar-refractivity contribution in [3.05, 3.63) is 52.5 Å². The largest absolute Gasteiger partial charge is 0.351 e. The summed E-state index contributed by atoms with van der Waals surface area (Å²) in [4.78, 5) is 19.2. The molecular weight excluding hydrogens is 354 g/mol. The normalized spacial score (nSPS) is 11.3. The van der Waals surface area contributed by atoms with E-state index >= 15 is 0 Å². The smallest absolute Gasteiger partial charge is 0.253 e. The topological polar surface area (TPSA) is 45.2 Å². The zero-order chi connectivity index (χ0) is 16.4. The van der Waals surface area contributed by atoms with Gasteiger partial charge in [-0.05, 0) is 44.4 Å². The Kier molecular flexibility index (Phi) is 4.59. The third-order valence-electron chi connectivity index (χ3n) is 3.69. The van der Waals surface area contributed by atoms with Crippen molar-refractivity contribution < 1.29 is 4.79 Å². The summed E-state index contributed by atoms with van der Waals surface area (Å²) in [7, 11) is 3.96. The van der Waals surface area contributed by atoms with Gasteiger partial charge in [-0.1, -0.05) is 28.1 Å². The van der Waals surface area contributed by atoms with E-state index in [0.717, 1.165) is 32.8 Å². The highest BCUT2D eigenvalue weighted by Crippen LogP contribution is 2.24. The van der Waals surface area contributed by atoms with Gasteiger partial charge < -0.3 is 10.2 Å². The number of rotatable bonds is 4. The molecule has 3 rings (SSSR count). The highest BCUT2D eigenvalue weighted by molar-refractivity contribution is 9.10. The molecule has 1 amide bonds. The van der Waals surface area contributed by atoms with Crippen LogP contribution in [0.25, 0.3) is 21.8 Å². The number of likely N-dealkylation sites (N-methyl/N-ethyl adjacent to an activating group) is 1. The van der Waals surface area contributed by atoms with Crippen LogP contribution in [0.4, 0.5) is 0 Å². The second-order valence-corrected chi connectivity index (χ2v) is 6.68. The van der Waals surface area contributed by atoms with Gasteiger partial charge in [-0.25, -0.2) is 4.98 Å². The molecule has 0 aliphatic rings. The SMILES string of the molecule is CN(C)CCNC(=O)c1cccc2cc3cc(Br)ccc3nc12. The molecule has 0 unspecified atom stereocenters. The molecule has 118 valence electrons. The number of nitrogens with one attached hydrogen (secondary N) is 1. The summed E-state index contributed by atoms with van der Waals surface area (Å²) >= 11 is 3.48. The number of pyridine rings is 1. The van der Waals surface area contributed by atoms with Crippen LogP contribution in [0.15, 0.2) is 46.9 Å². The standard InChI is InChI=1S/C18H18BrN3O/c1-22(2)9-8-20-18(23)15-5-3-4-12-10-13-11-14(19)6-7-16(13)21-17(12)15/h3-7,10-11H,8-9H2,1-2H3,(H,20,23). The highest BCUT2D eigenvalue weighted by Gasteiger charge is 2.11. The molecule has 0 aliphatic heterocycles. The Hall–Kier alpha value is -1.98. The van der Waals surface area contributed by atoms with Gasteiger partial charge in [0.15, 0.2) is 0 Å². The van der Waals surface area contributed by atoms with Crippen LogP contribution in [-0.2, 0) is 0 Å². The lowest BCUT2D eigenvalue weighted by molar-refractivity contribution is 0.0952. The number of aromatic nitrogens is 1. The van der Waals surface area contributed by atoms with E-state index in [9.17, 15) is 4.79 Å². The molecule has 1 heterocycles. The number of carbonyl (C=O) groups excluding carboxylic acids is 1. The molecule has 0 saturated carbocycles. The zero-order valence-corrected chi connectivity index (χ0v) is 14.7. The van der Waals surface area contributed by atoms with Crippen LogP contribution >= 0.6 is 15.9 Å². The molecule has 2 aromatic carbocycles. The van der Waals surface area contributed by atoms with E-state index in [4.69, 9.17) is 4.98 Å². The minimum absolute atomic E-state index is 0.0820. The van der Waals surface area contributed by atoms with Crippen molar-refractivity contribution in [1.82, 2.24) is 15.2 Å². The maximum Gasteiger partial charge on any atom is 0.253 e. The predicted octanol–water partition coefficient (Wildman–Crippen LogP) is 3.44. The number of amides is 1. The Balaban J connectivity index is 2.00. The van der Waals surface area contributed by atoms with E-state index < -0.39 is 0 Å². The van der Waals surface area contributed by atoms with Gasteiger partial charge in [0, 0.05) is 28.3 Å². The summed E-state index contributed by atoms with van der Waals surface area (Å²) in [5.41, 5.74) is 2.24. The average molecular weight is 372 g/mol. The van der Waals surface area contributed by atoms with Crippen LogP contribution in [0.3, 0.4) is 0 Å². The molecule has 0 aliphatic carbocycles. The summed E-state index contributed by atoms with van der Waals surface area (Å²) in [6.45, 7) is 1.42. The molecule has 1 aromatic heterocycles. The highest BCUT2D eigenvalue weighted by atomic mass is 79.9. The fourth-order valence-electron chi connectivity index (χ4n) is 2.50. The minimum Gasteiger partial charge on any atom is -0.351 e. The number of carbonyl (C=O) groups is 1. The van der Waals surface area contributed by atoms with Crippen molar-refractivity contribution in [2.75, 3.05) is 27.2 Å². The number of halogens is 1. The van der Waals surface area contributed by atoms with Gasteiger partial charge in [0.05, 0.1) is 16.6 Å². The van der Waals surface area contributed by atoms with Gasteiger partial charge in [-0.3, -0.25) is 4.79 Å². The molecule has 3 aromatic rings. The van der Waals surface area contributed by atoms with Gasteiger partial charge in [-0.15, -0.1) is 0 Å². The lowest BCUT2D eigenvalue weighted by Gasteiger charge is -2.11. The Labute approximate surface area is 143 Å². The Morgan fingerprint density at radius 1 is 1.17 bits per heavy atom. The molecule has 0 spiro atoms. The molecule has 0 saturated heterocycles. The van der Waals surface area contributed by atoms with Crippen LogP contribution in [0.2, 0.25) is 0 Å². The summed E-state index contributed by atoms with van der Waals surface area (Å²) in [6.07, 6.45) is 0. The van der Waals surface area contributed by atoms with Crippen molar-refractivity contribution in [3.8, 4) is 0 Å². The predicted molar refractivity (Wildman–Crippen MR) is 97.8 cm³/mol. The van der Waals surface area contributed by atoms with Gasteiger partial charge >= 0.3 is 0 Å².